The Balaban J connectivity index is 2.53. The van der Waals surface area contributed by atoms with Crippen LogP contribution in [0.4, 0.5) is 0 Å². The van der Waals surface area contributed by atoms with Gasteiger partial charge in [0.25, 0.3) is 0 Å². The lowest BCUT2D eigenvalue weighted by atomic mass is 9.87. The molecule has 0 aromatic rings. The number of nitrogens with zero attached hydrogens (tertiary/aromatic N) is 1. The molecule has 0 spiro atoms. The topological polar surface area (TPSA) is 49.8 Å². The number of nitriles is 1. The molecule has 0 heterocycles. The predicted molar refractivity (Wildman–Crippen MR) is 44.7 cm³/mol. The van der Waals surface area contributed by atoms with Crippen LogP contribution in [0.2, 0.25) is 0 Å². The van der Waals surface area contributed by atoms with Crippen LogP contribution in [0.15, 0.2) is 0 Å². The van der Waals surface area contributed by atoms with E-state index in [0.29, 0.717) is 11.8 Å². The van der Waals surface area contributed by atoms with E-state index in [9.17, 15) is 0 Å². The summed E-state index contributed by atoms with van der Waals surface area (Å²) in [7, 11) is 0. The maximum atomic E-state index is 8.87. The molecular formula is C9H16N2. The Labute approximate surface area is 68.4 Å². The first-order valence-electron chi connectivity index (χ1n) is 4.28. The molecule has 0 amide bonds. The minimum absolute atomic E-state index is 0.481. The maximum Gasteiger partial charge on any atom is 0.107 e. The third kappa shape index (κ3) is 1.94. The number of rotatable bonds is 3. The zero-order chi connectivity index (χ0) is 8.48. The standard InChI is InChI=1S/C9H16N2/c1-7(2)5-9(11,6-10)8-3-4-8/h7-8H,3-5,11H2,1-2H3. The van der Waals surface area contributed by atoms with Crippen LogP contribution in [0.5, 0.6) is 0 Å². The molecule has 0 aromatic heterocycles. The van der Waals surface area contributed by atoms with Crippen LogP contribution in [0, 0.1) is 23.2 Å². The fourth-order valence-electron chi connectivity index (χ4n) is 1.58. The summed E-state index contributed by atoms with van der Waals surface area (Å²) in [4.78, 5) is 0. The molecule has 1 unspecified atom stereocenters. The fraction of sp³-hybridized carbons (Fsp3) is 0.889. The summed E-state index contributed by atoms with van der Waals surface area (Å²) < 4.78 is 0. The molecule has 0 saturated heterocycles. The quantitative estimate of drug-likeness (QED) is 0.668. The molecule has 2 N–H and O–H groups in total. The number of hydrogen-bond donors (Lipinski definition) is 1. The predicted octanol–water partition coefficient (Wildman–Crippen LogP) is 1.66. The number of nitrogens with two attached hydrogens (primary N) is 1. The Kier molecular flexibility index (Phi) is 2.20. The Morgan fingerprint density at radius 2 is 2.18 bits per heavy atom. The molecule has 0 bridgehead atoms. The molecule has 62 valence electrons. The van der Waals surface area contributed by atoms with E-state index in [4.69, 9.17) is 11.0 Å². The van der Waals surface area contributed by atoms with Crippen LogP contribution in [0.3, 0.4) is 0 Å². The molecule has 1 aliphatic carbocycles. The van der Waals surface area contributed by atoms with Gasteiger partial charge in [-0.1, -0.05) is 13.8 Å². The highest BCUT2D eigenvalue weighted by Gasteiger charge is 2.42. The molecular weight excluding hydrogens is 136 g/mol. The van der Waals surface area contributed by atoms with Crippen molar-refractivity contribution in [2.24, 2.45) is 17.6 Å². The van der Waals surface area contributed by atoms with Gasteiger partial charge < -0.3 is 5.73 Å². The zero-order valence-electron chi connectivity index (χ0n) is 7.30. The van der Waals surface area contributed by atoms with E-state index in [0.717, 1.165) is 19.3 Å². The highest BCUT2D eigenvalue weighted by Crippen LogP contribution is 2.40. The van der Waals surface area contributed by atoms with E-state index < -0.39 is 5.54 Å². The van der Waals surface area contributed by atoms with Gasteiger partial charge in [-0.15, -0.1) is 0 Å². The van der Waals surface area contributed by atoms with Gasteiger partial charge in [-0.2, -0.15) is 5.26 Å². The summed E-state index contributed by atoms with van der Waals surface area (Å²) in [5, 5.41) is 8.87. The maximum absolute atomic E-state index is 8.87. The van der Waals surface area contributed by atoms with Gasteiger partial charge in [0.2, 0.25) is 0 Å². The normalized spacial score (nSPS) is 22.8. The van der Waals surface area contributed by atoms with Gasteiger partial charge in [0.1, 0.15) is 5.54 Å². The second-order valence-electron chi connectivity index (χ2n) is 4.02. The Hall–Kier alpha value is -0.550. The average molecular weight is 152 g/mol. The summed E-state index contributed by atoms with van der Waals surface area (Å²) in [5.41, 5.74) is 5.42. The van der Waals surface area contributed by atoms with Crippen molar-refractivity contribution in [3.05, 3.63) is 0 Å². The molecule has 0 aromatic carbocycles. The van der Waals surface area contributed by atoms with E-state index in [-0.39, 0.29) is 0 Å². The minimum Gasteiger partial charge on any atom is -0.313 e. The van der Waals surface area contributed by atoms with Gasteiger partial charge in [0.15, 0.2) is 0 Å². The second-order valence-corrected chi connectivity index (χ2v) is 4.02. The molecule has 1 fully saturated rings. The first-order chi connectivity index (χ1) is 5.08. The van der Waals surface area contributed by atoms with Gasteiger partial charge in [-0.05, 0) is 31.1 Å². The van der Waals surface area contributed by atoms with Crippen molar-refractivity contribution in [3.8, 4) is 6.07 Å². The van der Waals surface area contributed by atoms with Crippen molar-refractivity contribution in [3.63, 3.8) is 0 Å². The molecule has 0 radical (unpaired) electrons. The monoisotopic (exact) mass is 152 g/mol. The molecule has 1 rings (SSSR count). The summed E-state index contributed by atoms with van der Waals surface area (Å²) in [6.45, 7) is 4.22. The lowest BCUT2D eigenvalue weighted by Gasteiger charge is -2.22. The molecule has 1 aliphatic rings. The highest BCUT2D eigenvalue weighted by molar-refractivity contribution is 5.13. The average Bonchev–Trinajstić information content (AvgIpc) is 2.66. The molecule has 1 saturated carbocycles. The Morgan fingerprint density at radius 1 is 1.64 bits per heavy atom. The molecule has 11 heavy (non-hydrogen) atoms. The van der Waals surface area contributed by atoms with E-state index in [1.807, 2.05) is 0 Å². The van der Waals surface area contributed by atoms with E-state index in [1.165, 1.54) is 0 Å². The van der Waals surface area contributed by atoms with Crippen molar-refractivity contribution in [1.29, 1.82) is 5.26 Å². The van der Waals surface area contributed by atoms with Crippen LogP contribution >= 0.6 is 0 Å². The van der Waals surface area contributed by atoms with E-state index in [1.54, 1.807) is 0 Å². The van der Waals surface area contributed by atoms with Crippen molar-refractivity contribution >= 4 is 0 Å². The lowest BCUT2D eigenvalue weighted by molar-refractivity contribution is 0.378. The van der Waals surface area contributed by atoms with Crippen molar-refractivity contribution in [2.45, 2.75) is 38.6 Å². The van der Waals surface area contributed by atoms with Crippen LogP contribution in [-0.2, 0) is 0 Å². The van der Waals surface area contributed by atoms with Gasteiger partial charge in [-0.25, -0.2) is 0 Å². The largest absolute Gasteiger partial charge is 0.313 e. The van der Waals surface area contributed by atoms with Crippen molar-refractivity contribution in [1.82, 2.24) is 0 Å². The van der Waals surface area contributed by atoms with Gasteiger partial charge in [0, 0.05) is 0 Å². The summed E-state index contributed by atoms with van der Waals surface area (Å²) in [6, 6.07) is 2.25. The van der Waals surface area contributed by atoms with Crippen LogP contribution < -0.4 is 5.73 Å². The lowest BCUT2D eigenvalue weighted by Crippen LogP contribution is -2.41. The smallest absolute Gasteiger partial charge is 0.107 e. The van der Waals surface area contributed by atoms with Crippen LogP contribution in [0.25, 0.3) is 0 Å². The number of hydrogen-bond acceptors (Lipinski definition) is 2. The Bertz CT molecular complexity index is 176. The summed E-state index contributed by atoms with van der Waals surface area (Å²) in [5.74, 6) is 1.01. The van der Waals surface area contributed by atoms with Crippen LogP contribution in [0.1, 0.15) is 33.1 Å². The first-order valence-corrected chi connectivity index (χ1v) is 4.28. The van der Waals surface area contributed by atoms with Gasteiger partial charge in [-0.3, -0.25) is 0 Å². The Morgan fingerprint density at radius 3 is 2.45 bits per heavy atom. The first kappa shape index (κ1) is 8.55. The van der Waals surface area contributed by atoms with E-state index in [2.05, 4.69) is 19.9 Å². The second kappa shape index (κ2) is 2.83. The zero-order valence-corrected chi connectivity index (χ0v) is 7.30. The van der Waals surface area contributed by atoms with Gasteiger partial charge >= 0.3 is 0 Å². The SMILES string of the molecule is CC(C)CC(N)(C#N)C1CC1. The van der Waals surface area contributed by atoms with Crippen molar-refractivity contribution in [2.75, 3.05) is 0 Å². The van der Waals surface area contributed by atoms with Crippen molar-refractivity contribution < 1.29 is 0 Å². The van der Waals surface area contributed by atoms with E-state index >= 15 is 0 Å². The highest BCUT2D eigenvalue weighted by atomic mass is 14.8. The third-order valence-corrected chi connectivity index (χ3v) is 2.26. The molecule has 2 nitrogen and oxygen atoms in total. The van der Waals surface area contributed by atoms with Gasteiger partial charge in [0.05, 0.1) is 6.07 Å². The summed E-state index contributed by atoms with van der Waals surface area (Å²) >= 11 is 0. The fourth-order valence-corrected chi connectivity index (χ4v) is 1.58. The van der Waals surface area contributed by atoms with Crippen LogP contribution in [-0.4, -0.2) is 5.54 Å². The third-order valence-electron chi connectivity index (χ3n) is 2.26. The molecule has 1 atom stereocenters. The minimum atomic E-state index is -0.520. The molecule has 2 heteroatoms. The summed E-state index contributed by atoms with van der Waals surface area (Å²) in [6.07, 6.45) is 3.14. The molecule has 0 aliphatic heterocycles.